The Morgan fingerprint density at radius 2 is 2.19 bits per heavy atom. The third-order valence-electron chi connectivity index (χ3n) is 4.17. The van der Waals surface area contributed by atoms with Gasteiger partial charge in [0.05, 0.1) is 7.11 Å². The van der Waals surface area contributed by atoms with Crippen LogP contribution in [0.25, 0.3) is 10.9 Å². The van der Waals surface area contributed by atoms with Gasteiger partial charge in [0.1, 0.15) is 6.04 Å². The van der Waals surface area contributed by atoms with Crippen molar-refractivity contribution in [1.29, 1.82) is 0 Å². The van der Waals surface area contributed by atoms with Gasteiger partial charge < -0.3 is 9.72 Å². The van der Waals surface area contributed by atoms with E-state index in [-0.39, 0.29) is 12.0 Å². The van der Waals surface area contributed by atoms with Crippen LogP contribution in [0.3, 0.4) is 0 Å². The van der Waals surface area contributed by atoms with E-state index < -0.39 is 0 Å². The molecule has 0 spiro atoms. The summed E-state index contributed by atoms with van der Waals surface area (Å²) in [5.74, 6) is 0.384. The van der Waals surface area contributed by atoms with E-state index in [2.05, 4.69) is 35.9 Å². The second-order valence-corrected chi connectivity index (χ2v) is 6.19. The zero-order chi connectivity index (χ0) is 15.0. The molecule has 4 nitrogen and oxygen atoms in total. The molecule has 0 fully saturated rings. The number of H-pyrrole nitrogens is 1. The summed E-state index contributed by atoms with van der Waals surface area (Å²) in [6.45, 7) is 6.03. The van der Waals surface area contributed by atoms with Crippen molar-refractivity contribution in [3.05, 3.63) is 35.5 Å². The summed E-state index contributed by atoms with van der Waals surface area (Å²) in [5, 5.41) is 1.23. The number of carbonyl (C=O) groups excluding carboxylic acids is 1. The Morgan fingerprint density at radius 3 is 2.90 bits per heavy atom. The highest BCUT2D eigenvalue weighted by Crippen LogP contribution is 2.30. The molecule has 1 atom stereocenters. The number of esters is 1. The van der Waals surface area contributed by atoms with E-state index in [0.717, 1.165) is 25.0 Å². The Balaban J connectivity index is 2.00. The van der Waals surface area contributed by atoms with Crippen LogP contribution in [0, 0.1) is 5.92 Å². The van der Waals surface area contributed by atoms with Crippen LogP contribution in [0.1, 0.15) is 25.1 Å². The summed E-state index contributed by atoms with van der Waals surface area (Å²) < 4.78 is 5.01. The van der Waals surface area contributed by atoms with Gasteiger partial charge in [0, 0.05) is 36.1 Å². The molecule has 1 aliphatic heterocycles. The predicted octanol–water partition coefficient (Wildman–Crippen LogP) is 2.72. The normalized spacial score (nSPS) is 19.0. The van der Waals surface area contributed by atoms with Gasteiger partial charge in [-0.1, -0.05) is 32.0 Å². The maximum absolute atomic E-state index is 12.2. The molecular formula is C17H22N2O2. The third-order valence-corrected chi connectivity index (χ3v) is 4.17. The van der Waals surface area contributed by atoms with Gasteiger partial charge in [-0.25, -0.2) is 0 Å². The number of fused-ring (bicyclic) bond motifs is 3. The molecule has 3 rings (SSSR count). The standard InChI is InChI=1S/C17H22N2O2/c1-11(2)9-19-10-15-13(8-16(19)17(20)21-3)12-6-4-5-7-14(12)18-15/h4-7,11,16,18H,8-10H2,1-3H3/t16-/m0/s1. The van der Waals surface area contributed by atoms with Crippen molar-refractivity contribution in [3.63, 3.8) is 0 Å². The minimum atomic E-state index is -0.177. The van der Waals surface area contributed by atoms with Crippen LogP contribution in [0.2, 0.25) is 0 Å². The number of rotatable bonds is 3. The van der Waals surface area contributed by atoms with Gasteiger partial charge >= 0.3 is 5.97 Å². The molecule has 112 valence electrons. The Labute approximate surface area is 125 Å². The number of nitrogens with one attached hydrogen (secondary N) is 1. The number of methoxy groups -OCH3 is 1. The second kappa shape index (κ2) is 5.53. The molecule has 0 saturated heterocycles. The minimum absolute atomic E-state index is 0.133. The molecule has 0 amide bonds. The molecule has 4 heteroatoms. The maximum Gasteiger partial charge on any atom is 0.323 e. The average Bonchev–Trinajstić information content (AvgIpc) is 2.82. The first-order valence-corrected chi connectivity index (χ1v) is 7.50. The summed E-state index contributed by atoms with van der Waals surface area (Å²) in [6, 6.07) is 8.12. The quantitative estimate of drug-likeness (QED) is 0.882. The van der Waals surface area contributed by atoms with Crippen LogP contribution >= 0.6 is 0 Å². The van der Waals surface area contributed by atoms with Crippen molar-refractivity contribution in [2.24, 2.45) is 5.92 Å². The van der Waals surface area contributed by atoms with Crippen LogP contribution < -0.4 is 0 Å². The van der Waals surface area contributed by atoms with E-state index in [4.69, 9.17) is 4.74 Å². The van der Waals surface area contributed by atoms with Gasteiger partial charge in [0.15, 0.2) is 0 Å². The van der Waals surface area contributed by atoms with E-state index in [1.165, 1.54) is 23.8 Å². The minimum Gasteiger partial charge on any atom is -0.468 e. The fourth-order valence-corrected chi connectivity index (χ4v) is 3.29. The SMILES string of the molecule is COC(=O)[C@@H]1Cc2c([nH]c3ccccc23)CN1CC(C)C. The zero-order valence-electron chi connectivity index (χ0n) is 12.8. The molecule has 0 radical (unpaired) electrons. The Bertz CT molecular complexity index is 660. The van der Waals surface area contributed by atoms with Crippen molar-refractivity contribution < 1.29 is 9.53 Å². The first kappa shape index (κ1) is 14.1. The summed E-state index contributed by atoms with van der Waals surface area (Å²) in [5.41, 5.74) is 3.65. The summed E-state index contributed by atoms with van der Waals surface area (Å²) >= 11 is 0. The summed E-state index contributed by atoms with van der Waals surface area (Å²) in [7, 11) is 1.47. The molecule has 1 N–H and O–H groups in total. The summed E-state index contributed by atoms with van der Waals surface area (Å²) in [6.07, 6.45) is 0.721. The topological polar surface area (TPSA) is 45.3 Å². The van der Waals surface area contributed by atoms with Crippen LogP contribution in [0.15, 0.2) is 24.3 Å². The number of hydrogen-bond donors (Lipinski definition) is 1. The number of benzene rings is 1. The highest BCUT2D eigenvalue weighted by molar-refractivity contribution is 5.86. The zero-order valence-corrected chi connectivity index (χ0v) is 12.8. The molecule has 1 aromatic carbocycles. The molecule has 2 aromatic rings. The number of aromatic nitrogens is 1. The molecular weight excluding hydrogens is 264 g/mol. The van der Waals surface area contributed by atoms with Crippen molar-refractivity contribution in [2.75, 3.05) is 13.7 Å². The number of hydrogen-bond acceptors (Lipinski definition) is 3. The number of nitrogens with zero attached hydrogens (tertiary/aromatic N) is 1. The predicted molar refractivity (Wildman–Crippen MR) is 83.1 cm³/mol. The molecule has 21 heavy (non-hydrogen) atoms. The van der Waals surface area contributed by atoms with E-state index in [1.807, 2.05) is 12.1 Å². The maximum atomic E-state index is 12.2. The second-order valence-electron chi connectivity index (χ2n) is 6.19. The van der Waals surface area contributed by atoms with Crippen LogP contribution in [0.5, 0.6) is 0 Å². The third kappa shape index (κ3) is 2.56. The molecule has 0 aliphatic carbocycles. The van der Waals surface area contributed by atoms with E-state index in [9.17, 15) is 4.79 Å². The molecule has 1 aromatic heterocycles. The Hall–Kier alpha value is -1.81. The number of aromatic amines is 1. The molecule has 2 heterocycles. The number of ether oxygens (including phenoxy) is 1. The number of carbonyl (C=O) groups is 1. The number of para-hydroxylation sites is 1. The van der Waals surface area contributed by atoms with Gasteiger partial charge in [0.2, 0.25) is 0 Å². The first-order valence-electron chi connectivity index (χ1n) is 7.50. The van der Waals surface area contributed by atoms with Crippen molar-refractivity contribution in [1.82, 2.24) is 9.88 Å². The molecule has 0 saturated carbocycles. The highest BCUT2D eigenvalue weighted by Gasteiger charge is 2.34. The molecule has 0 unspecified atom stereocenters. The van der Waals surface area contributed by atoms with Crippen molar-refractivity contribution >= 4 is 16.9 Å². The van der Waals surface area contributed by atoms with Crippen LogP contribution in [-0.4, -0.2) is 35.5 Å². The lowest BCUT2D eigenvalue weighted by Crippen LogP contribution is -2.47. The van der Waals surface area contributed by atoms with Crippen molar-refractivity contribution in [3.8, 4) is 0 Å². The van der Waals surface area contributed by atoms with Crippen LogP contribution in [-0.2, 0) is 22.5 Å². The monoisotopic (exact) mass is 286 g/mol. The average molecular weight is 286 g/mol. The van der Waals surface area contributed by atoms with Crippen LogP contribution in [0.4, 0.5) is 0 Å². The van der Waals surface area contributed by atoms with Gasteiger partial charge in [0.25, 0.3) is 0 Å². The fourth-order valence-electron chi connectivity index (χ4n) is 3.29. The highest BCUT2D eigenvalue weighted by atomic mass is 16.5. The largest absolute Gasteiger partial charge is 0.468 e. The summed E-state index contributed by atoms with van der Waals surface area (Å²) in [4.78, 5) is 17.9. The van der Waals surface area contributed by atoms with E-state index in [0.29, 0.717) is 5.92 Å². The van der Waals surface area contributed by atoms with Gasteiger partial charge in [-0.2, -0.15) is 0 Å². The lowest BCUT2D eigenvalue weighted by atomic mass is 9.95. The smallest absolute Gasteiger partial charge is 0.323 e. The Kier molecular flexibility index (Phi) is 3.72. The van der Waals surface area contributed by atoms with Crippen molar-refractivity contribution in [2.45, 2.75) is 32.9 Å². The van der Waals surface area contributed by atoms with Gasteiger partial charge in [-0.15, -0.1) is 0 Å². The van der Waals surface area contributed by atoms with Gasteiger partial charge in [-0.3, -0.25) is 9.69 Å². The van der Waals surface area contributed by atoms with E-state index >= 15 is 0 Å². The van der Waals surface area contributed by atoms with E-state index in [1.54, 1.807) is 0 Å². The lowest BCUT2D eigenvalue weighted by molar-refractivity contribution is -0.147. The van der Waals surface area contributed by atoms with Gasteiger partial charge in [-0.05, 0) is 17.5 Å². The fraction of sp³-hybridized carbons (Fsp3) is 0.471. The molecule has 1 aliphatic rings. The Morgan fingerprint density at radius 1 is 1.43 bits per heavy atom. The first-order chi connectivity index (χ1) is 10.1. The molecule has 0 bridgehead atoms. The lowest BCUT2D eigenvalue weighted by Gasteiger charge is -2.34.